The van der Waals surface area contributed by atoms with Gasteiger partial charge in [0.05, 0.1) is 30.3 Å². The number of carbonyl (C=O) groups excluding carboxylic acids is 2. The molecule has 0 fully saturated rings. The topological polar surface area (TPSA) is 86.1 Å². The maximum atomic E-state index is 12.9. The smallest absolute Gasteiger partial charge is 0.308 e. The molecular weight excluding hydrogens is 368 g/mol. The van der Waals surface area contributed by atoms with Gasteiger partial charge in [0.15, 0.2) is 5.65 Å². The van der Waals surface area contributed by atoms with Crippen LogP contribution in [0.3, 0.4) is 0 Å². The maximum absolute atomic E-state index is 12.9. The van der Waals surface area contributed by atoms with Crippen LogP contribution in [-0.2, 0) is 9.53 Å². The average Bonchev–Trinajstić information content (AvgIpc) is 3.11. The normalized spacial score (nSPS) is 12.3. The van der Waals surface area contributed by atoms with Gasteiger partial charge in [-0.3, -0.25) is 9.59 Å². The van der Waals surface area contributed by atoms with E-state index < -0.39 is 6.04 Å². The molecule has 0 radical (unpaired) electrons. The van der Waals surface area contributed by atoms with Gasteiger partial charge in [-0.25, -0.2) is 9.67 Å². The van der Waals surface area contributed by atoms with Gasteiger partial charge in [0, 0.05) is 17.6 Å². The van der Waals surface area contributed by atoms with Crippen LogP contribution in [0, 0.1) is 0 Å². The molecule has 0 aliphatic carbocycles. The highest BCUT2D eigenvalue weighted by atomic mass is 16.5. The Morgan fingerprint density at radius 3 is 2.48 bits per heavy atom. The number of nitrogens with zero attached hydrogens (tertiary/aromatic N) is 3. The first-order valence-electron chi connectivity index (χ1n) is 9.73. The van der Waals surface area contributed by atoms with Crippen molar-refractivity contribution in [2.24, 2.45) is 0 Å². The Morgan fingerprint density at radius 2 is 1.83 bits per heavy atom. The number of nitrogens with one attached hydrogen (secondary N) is 1. The Hall–Kier alpha value is -3.22. The fourth-order valence-electron chi connectivity index (χ4n) is 3.10. The fourth-order valence-corrected chi connectivity index (χ4v) is 3.10. The summed E-state index contributed by atoms with van der Waals surface area (Å²) in [6, 6.07) is 10.8. The first kappa shape index (κ1) is 20.5. The third kappa shape index (κ3) is 4.99. The number of fused-ring (bicyclic) bond motifs is 1. The predicted octanol–water partition coefficient (Wildman–Crippen LogP) is 3.83. The van der Waals surface area contributed by atoms with E-state index in [4.69, 9.17) is 4.74 Å². The van der Waals surface area contributed by atoms with Crippen LogP contribution in [0.4, 0.5) is 0 Å². The van der Waals surface area contributed by atoms with Crippen molar-refractivity contribution in [2.75, 3.05) is 0 Å². The van der Waals surface area contributed by atoms with E-state index in [0.29, 0.717) is 5.56 Å². The van der Waals surface area contributed by atoms with E-state index in [1.807, 2.05) is 48.9 Å². The van der Waals surface area contributed by atoms with Crippen LogP contribution in [0.25, 0.3) is 11.0 Å². The van der Waals surface area contributed by atoms with Crippen molar-refractivity contribution < 1.29 is 14.3 Å². The van der Waals surface area contributed by atoms with Gasteiger partial charge in [-0.05, 0) is 39.3 Å². The van der Waals surface area contributed by atoms with Gasteiger partial charge in [0.2, 0.25) is 0 Å². The van der Waals surface area contributed by atoms with Crippen LogP contribution in [0.5, 0.6) is 0 Å². The molecule has 1 atom stereocenters. The van der Waals surface area contributed by atoms with E-state index in [0.717, 1.165) is 16.6 Å². The van der Waals surface area contributed by atoms with E-state index >= 15 is 0 Å². The second-order valence-electron chi connectivity index (χ2n) is 7.50. The number of hydrogen-bond acceptors (Lipinski definition) is 5. The van der Waals surface area contributed by atoms with E-state index in [9.17, 15) is 9.59 Å². The van der Waals surface area contributed by atoms with E-state index in [2.05, 4.69) is 15.4 Å². The molecule has 152 valence electrons. The number of esters is 1. The van der Waals surface area contributed by atoms with Gasteiger partial charge >= 0.3 is 5.97 Å². The zero-order chi connectivity index (χ0) is 21.0. The molecule has 0 aliphatic rings. The van der Waals surface area contributed by atoms with Crippen molar-refractivity contribution >= 4 is 22.9 Å². The molecule has 0 bridgehead atoms. The summed E-state index contributed by atoms with van der Waals surface area (Å²) in [6.07, 6.45) is 3.08. The number of pyridine rings is 1. The molecule has 29 heavy (non-hydrogen) atoms. The van der Waals surface area contributed by atoms with Crippen LogP contribution < -0.4 is 5.32 Å². The number of aromatic nitrogens is 3. The molecule has 0 aliphatic heterocycles. The van der Waals surface area contributed by atoms with Crippen molar-refractivity contribution in [3.63, 3.8) is 0 Å². The standard InChI is InChI=1S/C22H26N4O3/c1-14(2)26-21-17(13-24-26)10-18(12-23-21)22(28)25-19(11-20(27)29-15(3)4)16-8-6-5-7-9-16/h5-10,12-15,19H,11H2,1-4H3,(H,25,28)/t19-/m1/s1. The lowest BCUT2D eigenvalue weighted by Crippen LogP contribution is -2.31. The number of ether oxygens (including phenoxy) is 1. The third-order valence-corrected chi connectivity index (χ3v) is 4.43. The van der Waals surface area contributed by atoms with Gasteiger partial charge in [-0.1, -0.05) is 30.3 Å². The summed E-state index contributed by atoms with van der Waals surface area (Å²) >= 11 is 0. The number of rotatable bonds is 7. The summed E-state index contributed by atoms with van der Waals surface area (Å²) < 4.78 is 7.07. The molecule has 2 aromatic heterocycles. The van der Waals surface area contributed by atoms with Crippen molar-refractivity contribution in [3.8, 4) is 0 Å². The van der Waals surface area contributed by atoms with Gasteiger partial charge in [-0.2, -0.15) is 5.10 Å². The summed E-state index contributed by atoms with van der Waals surface area (Å²) in [5.74, 6) is -0.663. The Balaban J connectivity index is 1.82. The van der Waals surface area contributed by atoms with Crippen LogP contribution in [0.2, 0.25) is 0 Å². The average molecular weight is 394 g/mol. The zero-order valence-corrected chi connectivity index (χ0v) is 17.1. The van der Waals surface area contributed by atoms with Gasteiger partial charge < -0.3 is 10.1 Å². The fraction of sp³-hybridized carbons (Fsp3) is 0.364. The summed E-state index contributed by atoms with van der Waals surface area (Å²) in [6.45, 7) is 7.64. The molecule has 2 heterocycles. The van der Waals surface area contributed by atoms with Crippen LogP contribution in [0.15, 0.2) is 48.8 Å². The first-order valence-corrected chi connectivity index (χ1v) is 9.73. The minimum atomic E-state index is -0.496. The van der Waals surface area contributed by atoms with Crippen molar-refractivity contribution in [3.05, 3.63) is 59.9 Å². The van der Waals surface area contributed by atoms with E-state index in [1.165, 1.54) is 6.20 Å². The number of carbonyl (C=O) groups is 2. The molecule has 0 unspecified atom stereocenters. The molecule has 0 saturated heterocycles. The van der Waals surface area contributed by atoms with E-state index in [-0.39, 0.29) is 30.4 Å². The van der Waals surface area contributed by atoms with Crippen molar-refractivity contribution in [2.45, 2.75) is 52.3 Å². The predicted molar refractivity (Wildman–Crippen MR) is 110 cm³/mol. The maximum Gasteiger partial charge on any atom is 0.308 e. The molecule has 7 nitrogen and oxygen atoms in total. The quantitative estimate of drug-likeness (QED) is 0.616. The van der Waals surface area contributed by atoms with Crippen molar-refractivity contribution in [1.82, 2.24) is 20.1 Å². The second-order valence-corrected chi connectivity index (χ2v) is 7.50. The Morgan fingerprint density at radius 1 is 1.10 bits per heavy atom. The Labute approximate surface area is 170 Å². The highest BCUT2D eigenvalue weighted by Crippen LogP contribution is 2.20. The molecule has 3 aromatic rings. The molecule has 3 rings (SSSR count). The lowest BCUT2D eigenvalue weighted by Gasteiger charge is -2.19. The monoisotopic (exact) mass is 394 g/mol. The molecule has 1 aromatic carbocycles. The summed E-state index contributed by atoms with van der Waals surface area (Å²) in [4.78, 5) is 29.5. The van der Waals surface area contributed by atoms with Gasteiger partial charge in [0.25, 0.3) is 5.91 Å². The van der Waals surface area contributed by atoms with Gasteiger partial charge in [-0.15, -0.1) is 0 Å². The lowest BCUT2D eigenvalue weighted by atomic mass is 10.0. The molecule has 0 spiro atoms. The van der Waals surface area contributed by atoms with Crippen LogP contribution >= 0.6 is 0 Å². The Bertz CT molecular complexity index is 996. The van der Waals surface area contributed by atoms with Crippen molar-refractivity contribution in [1.29, 1.82) is 0 Å². The molecule has 1 N–H and O–H groups in total. The minimum Gasteiger partial charge on any atom is -0.463 e. The highest BCUT2D eigenvalue weighted by Gasteiger charge is 2.21. The lowest BCUT2D eigenvalue weighted by molar-refractivity contribution is -0.147. The highest BCUT2D eigenvalue weighted by molar-refractivity contribution is 5.97. The van der Waals surface area contributed by atoms with Crippen LogP contribution in [-0.4, -0.2) is 32.7 Å². The van der Waals surface area contributed by atoms with Crippen LogP contribution in [0.1, 0.15) is 62.1 Å². The molecular formula is C22H26N4O3. The number of benzene rings is 1. The third-order valence-electron chi connectivity index (χ3n) is 4.43. The summed E-state index contributed by atoms with van der Waals surface area (Å²) in [5.41, 5.74) is 1.99. The Kier molecular flexibility index (Phi) is 6.26. The van der Waals surface area contributed by atoms with E-state index in [1.54, 1.807) is 26.1 Å². The first-order chi connectivity index (χ1) is 13.8. The van der Waals surface area contributed by atoms with Gasteiger partial charge in [0.1, 0.15) is 0 Å². The summed E-state index contributed by atoms with van der Waals surface area (Å²) in [7, 11) is 0. The number of amides is 1. The molecule has 7 heteroatoms. The minimum absolute atomic E-state index is 0.0505. The second kappa shape index (κ2) is 8.86. The summed E-state index contributed by atoms with van der Waals surface area (Å²) in [5, 5.41) is 8.07. The number of hydrogen-bond donors (Lipinski definition) is 1. The molecule has 1 amide bonds. The molecule has 0 saturated carbocycles. The SMILES string of the molecule is CC(C)OC(=O)C[C@@H](NC(=O)c1cnc2c(cnn2C(C)C)c1)c1ccccc1. The zero-order valence-electron chi connectivity index (χ0n) is 17.1. The largest absolute Gasteiger partial charge is 0.463 e.